The van der Waals surface area contributed by atoms with Crippen molar-refractivity contribution >= 4 is 33.7 Å². The zero-order valence-corrected chi connectivity index (χ0v) is 10.8. The van der Waals surface area contributed by atoms with Crippen LogP contribution in [0.2, 0.25) is 0 Å². The zero-order valence-electron chi connectivity index (χ0n) is 9.23. The maximum absolute atomic E-state index is 11.4. The molecule has 0 aliphatic rings. The Labute approximate surface area is 111 Å². The second-order valence-corrected chi connectivity index (χ2v) is 4.13. The maximum atomic E-state index is 11.4. The van der Waals surface area contributed by atoms with Gasteiger partial charge in [-0.25, -0.2) is 0 Å². The summed E-state index contributed by atoms with van der Waals surface area (Å²) in [6, 6.07) is 2.99. The van der Waals surface area contributed by atoms with Crippen LogP contribution in [0.4, 0.5) is 0 Å². The van der Waals surface area contributed by atoms with Crippen molar-refractivity contribution in [2.24, 2.45) is 0 Å². The van der Waals surface area contributed by atoms with E-state index < -0.39 is 17.8 Å². The van der Waals surface area contributed by atoms with E-state index in [1.165, 1.54) is 6.07 Å². The fraction of sp³-hybridized carbons (Fsp3) is 0.300. The number of hydrogen-bond acceptors (Lipinski definition) is 4. The van der Waals surface area contributed by atoms with Gasteiger partial charge in [-0.1, -0.05) is 0 Å². The summed E-state index contributed by atoms with van der Waals surface area (Å²) in [5, 5.41) is 8.38. The third-order valence-electron chi connectivity index (χ3n) is 1.91. The summed E-state index contributed by atoms with van der Waals surface area (Å²) in [7, 11) is 0. The second-order valence-electron chi connectivity index (χ2n) is 3.35. The van der Waals surface area contributed by atoms with Crippen LogP contribution in [0.3, 0.4) is 0 Å². The number of amides is 2. The summed E-state index contributed by atoms with van der Waals surface area (Å²) in [4.78, 5) is 32.8. The highest BCUT2D eigenvalue weighted by molar-refractivity contribution is 9.10. The van der Waals surface area contributed by atoms with Gasteiger partial charge in [0, 0.05) is 12.8 Å². The van der Waals surface area contributed by atoms with Gasteiger partial charge in [0.05, 0.1) is 0 Å². The number of carbonyl (C=O) groups excluding carboxylic acids is 2. The molecule has 0 bridgehead atoms. The molecule has 0 fully saturated rings. The average molecular weight is 319 g/mol. The Hall–Kier alpha value is -1.83. The molecular weight excluding hydrogens is 308 g/mol. The summed E-state index contributed by atoms with van der Waals surface area (Å²) < 4.78 is 5.37. The standard InChI is InChI=1S/C10H11BrN2O5/c11-7-5-4-6(18-7)10(17)13-12-8(14)2-1-3-9(15)16/h4-5H,1-3H2,(H,12,14)(H,13,17)(H,15,16). The van der Waals surface area contributed by atoms with Crippen LogP contribution in [0.15, 0.2) is 21.2 Å². The molecule has 0 saturated carbocycles. The Bertz CT molecular complexity index is 457. The molecule has 1 aromatic rings. The predicted molar refractivity (Wildman–Crippen MR) is 63.5 cm³/mol. The lowest BCUT2D eigenvalue weighted by Gasteiger charge is -2.04. The van der Waals surface area contributed by atoms with Gasteiger partial charge >= 0.3 is 11.9 Å². The number of aliphatic carboxylic acids is 1. The van der Waals surface area contributed by atoms with E-state index in [0.29, 0.717) is 4.67 Å². The SMILES string of the molecule is O=C(O)CCCC(=O)NNC(=O)c1ccc(Br)o1. The summed E-state index contributed by atoms with van der Waals surface area (Å²) in [6.07, 6.45) is 0.143. The highest BCUT2D eigenvalue weighted by Gasteiger charge is 2.11. The summed E-state index contributed by atoms with van der Waals surface area (Å²) in [6.45, 7) is 0. The van der Waals surface area contributed by atoms with E-state index in [1.54, 1.807) is 6.07 Å². The van der Waals surface area contributed by atoms with E-state index in [9.17, 15) is 14.4 Å². The number of carboxylic acid groups (broad SMARTS) is 1. The van der Waals surface area contributed by atoms with E-state index in [2.05, 4.69) is 26.8 Å². The van der Waals surface area contributed by atoms with Crippen molar-refractivity contribution in [3.05, 3.63) is 22.6 Å². The lowest BCUT2D eigenvalue weighted by Crippen LogP contribution is -2.41. The largest absolute Gasteiger partial charge is 0.481 e. The summed E-state index contributed by atoms with van der Waals surface area (Å²) >= 11 is 3.04. The van der Waals surface area contributed by atoms with Crippen LogP contribution >= 0.6 is 15.9 Å². The van der Waals surface area contributed by atoms with Gasteiger partial charge in [0.25, 0.3) is 0 Å². The molecule has 2 amide bonds. The number of carbonyl (C=O) groups is 3. The molecule has 7 nitrogen and oxygen atoms in total. The minimum Gasteiger partial charge on any atom is -0.481 e. The fourth-order valence-corrected chi connectivity index (χ4v) is 1.39. The second kappa shape index (κ2) is 6.80. The average Bonchev–Trinajstić information content (AvgIpc) is 2.72. The fourth-order valence-electron chi connectivity index (χ4n) is 1.09. The number of furan rings is 1. The smallest absolute Gasteiger partial charge is 0.305 e. The zero-order chi connectivity index (χ0) is 13.5. The maximum Gasteiger partial charge on any atom is 0.305 e. The molecule has 0 saturated heterocycles. The van der Waals surface area contributed by atoms with E-state index in [-0.39, 0.29) is 25.0 Å². The Morgan fingerprint density at radius 3 is 2.50 bits per heavy atom. The van der Waals surface area contributed by atoms with Crippen molar-refractivity contribution < 1.29 is 23.9 Å². The van der Waals surface area contributed by atoms with Crippen LogP contribution in [0, 0.1) is 0 Å². The van der Waals surface area contributed by atoms with Crippen molar-refractivity contribution in [2.45, 2.75) is 19.3 Å². The highest BCUT2D eigenvalue weighted by Crippen LogP contribution is 2.13. The predicted octanol–water partition coefficient (Wildman–Crippen LogP) is 1.06. The van der Waals surface area contributed by atoms with Gasteiger partial charge in [0.15, 0.2) is 10.4 Å². The molecule has 3 N–H and O–H groups in total. The Morgan fingerprint density at radius 1 is 1.22 bits per heavy atom. The molecule has 0 unspecified atom stereocenters. The van der Waals surface area contributed by atoms with Gasteiger partial charge in [0.2, 0.25) is 5.91 Å². The van der Waals surface area contributed by atoms with E-state index in [0.717, 1.165) is 0 Å². The molecule has 0 radical (unpaired) electrons. The molecule has 98 valence electrons. The van der Waals surface area contributed by atoms with Crippen LogP contribution in [-0.2, 0) is 9.59 Å². The minimum atomic E-state index is -0.965. The van der Waals surface area contributed by atoms with Gasteiger partial charge < -0.3 is 9.52 Å². The van der Waals surface area contributed by atoms with Crippen LogP contribution in [0.1, 0.15) is 29.8 Å². The summed E-state index contributed by atoms with van der Waals surface area (Å²) in [5.74, 6) is -1.97. The molecule has 1 rings (SSSR count). The Kier molecular flexibility index (Phi) is 5.37. The number of hydrogen-bond donors (Lipinski definition) is 3. The summed E-state index contributed by atoms with van der Waals surface area (Å²) in [5.41, 5.74) is 4.31. The van der Waals surface area contributed by atoms with Gasteiger partial charge in [-0.15, -0.1) is 0 Å². The first-order chi connectivity index (χ1) is 8.49. The molecule has 8 heteroatoms. The number of halogens is 1. The van der Waals surface area contributed by atoms with Crippen LogP contribution in [-0.4, -0.2) is 22.9 Å². The topological polar surface area (TPSA) is 109 Å². The Balaban J connectivity index is 2.26. The molecular formula is C10H11BrN2O5. The molecule has 0 spiro atoms. The van der Waals surface area contributed by atoms with Crippen molar-refractivity contribution in [3.8, 4) is 0 Å². The normalized spacial score (nSPS) is 9.83. The molecule has 0 aliphatic heterocycles. The van der Waals surface area contributed by atoms with Crippen molar-refractivity contribution in [1.29, 1.82) is 0 Å². The van der Waals surface area contributed by atoms with Gasteiger partial charge in [-0.05, 0) is 34.5 Å². The molecule has 18 heavy (non-hydrogen) atoms. The molecule has 1 aromatic heterocycles. The molecule has 0 aliphatic carbocycles. The molecule has 0 atom stereocenters. The first kappa shape index (κ1) is 14.2. The minimum absolute atomic E-state index is 0.0223. The quantitative estimate of drug-likeness (QED) is 0.703. The van der Waals surface area contributed by atoms with Crippen molar-refractivity contribution in [1.82, 2.24) is 10.9 Å². The Morgan fingerprint density at radius 2 is 1.94 bits per heavy atom. The third-order valence-corrected chi connectivity index (χ3v) is 2.33. The van der Waals surface area contributed by atoms with E-state index in [4.69, 9.17) is 9.52 Å². The number of nitrogens with one attached hydrogen (secondary N) is 2. The number of hydrazine groups is 1. The van der Waals surface area contributed by atoms with Crippen molar-refractivity contribution in [3.63, 3.8) is 0 Å². The first-order valence-electron chi connectivity index (χ1n) is 5.05. The third kappa shape index (κ3) is 5.00. The van der Waals surface area contributed by atoms with Gasteiger partial charge in [0.1, 0.15) is 0 Å². The van der Waals surface area contributed by atoms with Crippen molar-refractivity contribution in [2.75, 3.05) is 0 Å². The van der Waals surface area contributed by atoms with Gasteiger partial charge in [-0.3, -0.25) is 25.2 Å². The van der Waals surface area contributed by atoms with E-state index in [1.807, 2.05) is 0 Å². The lowest BCUT2D eigenvalue weighted by atomic mass is 10.2. The number of rotatable bonds is 5. The first-order valence-corrected chi connectivity index (χ1v) is 5.84. The van der Waals surface area contributed by atoms with Crippen LogP contribution < -0.4 is 10.9 Å². The molecule has 1 heterocycles. The van der Waals surface area contributed by atoms with Crippen LogP contribution in [0.5, 0.6) is 0 Å². The van der Waals surface area contributed by atoms with Gasteiger partial charge in [-0.2, -0.15) is 0 Å². The lowest BCUT2D eigenvalue weighted by molar-refractivity contribution is -0.137. The van der Waals surface area contributed by atoms with Crippen LogP contribution in [0.25, 0.3) is 0 Å². The highest BCUT2D eigenvalue weighted by atomic mass is 79.9. The monoisotopic (exact) mass is 318 g/mol. The molecule has 0 aromatic carbocycles. The number of carboxylic acids is 1. The van der Waals surface area contributed by atoms with E-state index >= 15 is 0 Å².